The van der Waals surface area contributed by atoms with Crippen LogP contribution < -0.4 is 0 Å². The van der Waals surface area contributed by atoms with Crippen molar-refractivity contribution in [1.29, 1.82) is 0 Å². The molecule has 22 aromatic rings. The van der Waals surface area contributed by atoms with Gasteiger partial charge in [-0.15, -0.1) is 47.2 Å². The molecular formula is C129H124F2IrN8O2+. The van der Waals surface area contributed by atoms with Crippen LogP contribution in [0.2, 0.25) is 0 Å². The first kappa shape index (κ1) is 97.1. The van der Waals surface area contributed by atoms with Crippen LogP contribution in [-0.2, 0) is 73.0 Å². The zero-order valence-corrected chi connectivity index (χ0v) is 89.0. The number of hydrogen-bond donors (Lipinski definition) is 0. The molecule has 0 aliphatic rings. The molecule has 0 N–H and O–H groups in total. The van der Waals surface area contributed by atoms with Crippen LogP contribution >= 0.6 is 0 Å². The van der Waals surface area contributed by atoms with Crippen molar-refractivity contribution in [3.8, 4) is 45.3 Å². The number of carbonyl (C=O) groups is 2. The Morgan fingerprint density at radius 3 is 0.697 bits per heavy atom. The molecule has 0 fully saturated rings. The third kappa shape index (κ3) is 17.5. The fourth-order valence-corrected chi connectivity index (χ4v) is 20.5. The van der Waals surface area contributed by atoms with Gasteiger partial charge in [0.25, 0.3) is 0 Å². The van der Waals surface area contributed by atoms with Gasteiger partial charge in [-0.3, -0.25) is 19.6 Å². The molecule has 6 heterocycles. The van der Waals surface area contributed by atoms with Gasteiger partial charge in [0, 0.05) is 89.0 Å². The van der Waals surface area contributed by atoms with Gasteiger partial charge < -0.3 is 28.2 Å². The molecule has 6 aromatic heterocycles. The first-order chi connectivity index (χ1) is 66.4. The number of aromatic nitrogens is 8. The van der Waals surface area contributed by atoms with Crippen LogP contribution in [0.5, 0.6) is 0 Å². The Bertz CT molecular complexity index is 8170. The molecule has 0 spiro atoms. The van der Waals surface area contributed by atoms with Crippen molar-refractivity contribution in [3.63, 3.8) is 0 Å². The molecule has 0 saturated heterocycles. The van der Waals surface area contributed by atoms with Crippen molar-refractivity contribution in [2.24, 2.45) is 0 Å². The summed E-state index contributed by atoms with van der Waals surface area (Å²) in [6.45, 7) is 57.5. The maximum Gasteiger partial charge on any atom is 3.00 e. The van der Waals surface area contributed by atoms with E-state index < -0.39 is 0 Å². The van der Waals surface area contributed by atoms with E-state index in [1.54, 1.807) is 24.3 Å². The van der Waals surface area contributed by atoms with Gasteiger partial charge in [-0.1, -0.05) is 248 Å². The Morgan fingerprint density at radius 1 is 0.254 bits per heavy atom. The predicted octanol–water partition coefficient (Wildman–Crippen LogP) is 34.4. The molecule has 10 nitrogen and oxygen atoms in total. The minimum atomic E-state index is -0.287. The van der Waals surface area contributed by atoms with E-state index in [9.17, 15) is 18.4 Å². The van der Waals surface area contributed by atoms with E-state index in [0.717, 1.165) is 143 Å². The van der Waals surface area contributed by atoms with E-state index in [2.05, 4.69) is 403 Å². The van der Waals surface area contributed by atoms with Crippen molar-refractivity contribution in [2.45, 2.75) is 230 Å². The molecule has 0 unspecified atom stereocenters. The summed E-state index contributed by atoms with van der Waals surface area (Å²) in [4.78, 5) is 41.4. The zero-order chi connectivity index (χ0) is 100. The topological polar surface area (TPSA) is 105 Å². The van der Waals surface area contributed by atoms with Crippen LogP contribution in [0.4, 0.5) is 8.78 Å². The molecule has 0 atom stereocenters. The Hall–Kier alpha value is -13.7. The van der Waals surface area contributed by atoms with E-state index >= 15 is 0 Å². The van der Waals surface area contributed by atoms with Crippen LogP contribution in [0.1, 0.15) is 231 Å². The van der Waals surface area contributed by atoms with Gasteiger partial charge in [-0.2, -0.15) is 0 Å². The summed E-state index contributed by atoms with van der Waals surface area (Å²) in [6, 6.07) is 99.0. The second kappa shape index (κ2) is 34.9. The fraction of sp³-hybridized carbons (Fsp3) is 0.271. The molecule has 0 saturated carbocycles. The molecule has 0 bridgehead atoms. The number of rotatable bonds is 8. The van der Waals surface area contributed by atoms with Crippen molar-refractivity contribution in [2.75, 3.05) is 0 Å². The van der Waals surface area contributed by atoms with Gasteiger partial charge in [0.1, 0.15) is 23.2 Å². The van der Waals surface area contributed by atoms with Crippen molar-refractivity contribution >= 4 is 164 Å². The first-order valence-corrected chi connectivity index (χ1v) is 49.5. The summed E-state index contributed by atoms with van der Waals surface area (Å²) in [5, 5.41) is 17.9. The van der Waals surface area contributed by atoms with Crippen molar-refractivity contribution in [1.82, 2.24) is 38.2 Å². The number of nitrogens with zero attached hydrogens (tertiary/aromatic N) is 8. The monoisotopic (exact) mass is 2050 g/mol. The summed E-state index contributed by atoms with van der Waals surface area (Å²) >= 11 is 0. The zero-order valence-electron chi connectivity index (χ0n) is 86.6. The molecule has 0 amide bonds. The van der Waals surface area contributed by atoms with E-state index in [4.69, 9.17) is 19.9 Å². The molecule has 0 aliphatic carbocycles. The number of ketones is 2. The third-order valence-corrected chi connectivity index (χ3v) is 28.7. The molecule has 714 valence electrons. The van der Waals surface area contributed by atoms with Gasteiger partial charge in [0.15, 0.2) is 0 Å². The van der Waals surface area contributed by atoms with Crippen LogP contribution in [0.3, 0.4) is 0 Å². The Balaban J connectivity index is 0.000000168. The number of halogens is 2. The molecular weight excluding hydrogens is 1920 g/mol. The summed E-state index contributed by atoms with van der Waals surface area (Å²) in [7, 11) is 0. The number of benzene rings is 16. The second-order valence-corrected chi connectivity index (χ2v) is 47.4. The maximum atomic E-state index is 14.2. The summed E-state index contributed by atoms with van der Waals surface area (Å²) in [5.74, 6) is -0.698. The van der Waals surface area contributed by atoms with E-state index in [1.165, 1.54) is 126 Å². The Labute approximate surface area is 845 Å². The minimum Gasteiger partial charge on any atom is -0.327 e. The number of fused-ring (bicyclic) bond motifs is 24. The number of carbonyl (C=O) groups excluding carboxylic acids is 2. The quantitative estimate of drug-likeness (QED) is 0.0852. The summed E-state index contributed by atoms with van der Waals surface area (Å²) in [5.41, 5.74) is 29.6. The van der Waals surface area contributed by atoms with E-state index in [1.807, 2.05) is 12.4 Å². The molecule has 16 aromatic carbocycles. The smallest absolute Gasteiger partial charge is 0.327 e. The van der Waals surface area contributed by atoms with Crippen LogP contribution in [0, 0.1) is 23.8 Å². The second-order valence-electron chi connectivity index (χ2n) is 47.4. The predicted molar refractivity (Wildman–Crippen MR) is 590 cm³/mol. The van der Waals surface area contributed by atoms with Gasteiger partial charge in [-0.05, 0) is 294 Å². The normalized spacial score (nSPS) is 12.8. The van der Waals surface area contributed by atoms with Gasteiger partial charge >= 0.3 is 20.1 Å². The maximum absolute atomic E-state index is 14.2. The van der Waals surface area contributed by atoms with Gasteiger partial charge in [0.2, 0.25) is 0 Å². The molecule has 22 rings (SSSR count). The van der Waals surface area contributed by atoms with E-state index in [0.29, 0.717) is 11.4 Å². The summed E-state index contributed by atoms with van der Waals surface area (Å²) in [6.07, 6.45) is 3.72. The van der Waals surface area contributed by atoms with Crippen LogP contribution in [-0.4, -0.2) is 49.8 Å². The molecule has 0 radical (unpaired) electrons. The van der Waals surface area contributed by atoms with Gasteiger partial charge in [-0.25, -0.2) is 8.78 Å². The molecule has 0 aliphatic heterocycles. The fourth-order valence-electron chi connectivity index (χ4n) is 20.5. The van der Waals surface area contributed by atoms with Crippen LogP contribution in [0.25, 0.3) is 198 Å². The van der Waals surface area contributed by atoms with Crippen LogP contribution in [0.15, 0.2) is 267 Å². The number of hydrogen-bond acceptors (Lipinski definition) is 6. The standard InChI is InChI=1S/2C62H58FN4.C5H8O2.Ir/c2*1-59(2,3)37-15-25-53-46(29-37)47-30-38(60(4,5)6)16-26-54(47)66(53)42-21-23-44-45-24-22-43(34-51(45)58-57(50(44)33-42)64-35-52(65-58)36-13-19-41(63)20-14-36)67-55-27-17-39(61(7,8)9)31-48(55)49-32-40(62(10,11)12)18-28-56(49)67;1-4(6)3-5(2)7;/h2*13-32,34-35H,1-12H3;3H2,1-2H3;/q2*-1;;+3. The number of Topliss-reactive ketones (excluding diaryl/α,β-unsaturated/α-hetero) is 2. The largest absolute Gasteiger partial charge is 3.00 e. The minimum absolute atomic E-state index is 0. The first-order valence-electron chi connectivity index (χ1n) is 49.5. The summed E-state index contributed by atoms with van der Waals surface area (Å²) < 4.78 is 38.0. The Kier molecular flexibility index (Phi) is 23.9. The SMILES string of the molecule is CC(=O)CC(C)=O.CC(C)(C)c1ccc2c(c1)c1cc(C(C)(C)C)ccc1n2-c1[c-]c2c(cc1)c1ccc(-n3c4ccc(C(C)(C)C)cc4c4cc(C(C)(C)C)ccc43)cc1c1nc(-c3ccc(F)cc3)cnc21.CC(C)(C)c1ccc2c(c1)c1cc(C(C)(C)C)ccc1n2-c1[c-]c2c(cc1)c1ccc(-n3c4ccc(C(C)(C)C)cc4c4cc(C(C)(C)C)ccc43)cc1c1nc(-c3ccc(F)cc3)cnc21.[Ir+3]. The molecule has 13 heteroatoms. The Morgan fingerprint density at radius 2 is 0.479 bits per heavy atom. The third-order valence-electron chi connectivity index (χ3n) is 28.7. The van der Waals surface area contributed by atoms with Gasteiger partial charge in [0.05, 0.1) is 73.0 Å². The average molecular weight is 2050 g/mol. The van der Waals surface area contributed by atoms with E-state index in [-0.39, 0.29) is 93.0 Å². The van der Waals surface area contributed by atoms with Crippen molar-refractivity contribution in [3.05, 3.63) is 335 Å². The average Bonchev–Trinajstić information content (AvgIpc) is 1.39. The molecule has 142 heavy (non-hydrogen) atoms. The van der Waals surface area contributed by atoms with Crippen molar-refractivity contribution < 1.29 is 38.5 Å².